The zero-order valence-electron chi connectivity index (χ0n) is 8.74. The number of ether oxygens (including phenoxy) is 1. The van der Waals surface area contributed by atoms with Gasteiger partial charge < -0.3 is 4.74 Å². The van der Waals surface area contributed by atoms with E-state index in [9.17, 15) is 4.79 Å². The monoisotopic (exact) mass is 194 g/mol. The van der Waals surface area contributed by atoms with E-state index in [4.69, 9.17) is 4.74 Å². The van der Waals surface area contributed by atoms with Crippen LogP contribution in [0.3, 0.4) is 0 Å². The van der Waals surface area contributed by atoms with Crippen LogP contribution in [0, 0.1) is 0 Å². The second-order valence-corrected chi connectivity index (χ2v) is 3.47. The Bertz CT molecular complexity index is 228. The van der Waals surface area contributed by atoms with E-state index in [1.165, 1.54) is 0 Å². The van der Waals surface area contributed by atoms with Crippen molar-refractivity contribution in [2.45, 2.75) is 45.1 Å². The first-order chi connectivity index (χ1) is 6.83. The molecule has 1 aliphatic rings. The summed E-state index contributed by atoms with van der Waals surface area (Å²) in [5.41, 5.74) is 0. The Balaban J connectivity index is 2.08. The maximum Gasteiger partial charge on any atom is 0.306 e. The van der Waals surface area contributed by atoms with Gasteiger partial charge in [-0.1, -0.05) is 31.2 Å². The van der Waals surface area contributed by atoms with Gasteiger partial charge in [0.25, 0.3) is 0 Å². The van der Waals surface area contributed by atoms with E-state index in [0.29, 0.717) is 6.42 Å². The molecular formula is C12H18O2. The quantitative estimate of drug-likeness (QED) is 0.496. The van der Waals surface area contributed by atoms with Crippen molar-refractivity contribution < 1.29 is 9.53 Å². The van der Waals surface area contributed by atoms with Gasteiger partial charge in [0.2, 0.25) is 0 Å². The van der Waals surface area contributed by atoms with Crippen LogP contribution in [-0.4, -0.2) is 12.1 Å². The fourth-order valence-corrected chi connectivity index (χ4v) is 1.43. The molecule has 1 fully saturated rings. The number of hydrogen-bond donors (Lipinski definition) is 0. The molecule has 0 aliphatic carbocycles. The van der Waals surface area contributed by atoms with Crippen molar-refractivity contribution in [2.24, 2.45) is 0 Å². The number of esters is 1. The van der Waals surface area contributed by atoms with Gasteiger partial charge in [-0.15, -0.1) is 0 Å². The zero-order valence-corrected chi connectivity index (χ0v) is 8.74. The second kappa shape index (κ2) is 6.41. The summed E-state index contributed by atoms with van der Waals surface area (Å²) in [6.45, 7) is 2.12. The molecule has 0 amide bonds. The van der Waals surface area contributed by atoms with E-state index in [2.05, 4.69) is 31.2 Å². The molecule has 0 aromatic rings. The first kappa shape index (κ1) is 11.0. The standard InChI is InChI=1S/C12H18O2/c1-2-3-4-5-6-7-8-11-9-10-12(13)14-11/h3-4,6-7,11H,2,5,8-10H2,1H3/b4-3-,7-6-. The van der Waals surface area contributed by atoms with Crippen LogP contribution >= 0.6 is 0 Å². The number of carbonyl (C=O) groups excluding carboxylic acids is 1. The summed E-state index contributed by atoms with van der Waals surface area (Å²) in [6, 6.07) is 0. The van der Waals surface area contributed by atoms with Gasteiger partial charge in [-0.25, -0.2) is 0 Å². The summed E-state index contributed by atoms with van der Waals surface area (Å²) < 4.78 is 5.08. The van der Waals surface area contributed by atoms with Crippen molar-refractivity contribution in [1.82, 2.24) is 0 Å². The summed E-state index contributed by atoms with van der Waals surface area (Å²) in [4.78, 5) is 10.8. The molecular weight excluding hydrogens is 176 g/mol. The predicted octanol–water partition coefficient (Wildman–Crippen LogP) is 2.99. The summed E-state index contributed by atoms with van der Waals surface area (Å²) in [7, 11) is 0. The fraction of sp³-hybridized carbons (Fsp3) is 0.583. The third-order valence-electron chi connectivity index (χ3n) is 2.21. The highest BCUT2D eigenvalue weighted by Gasteiger charge is 2.21. The Kier molecular flexibility index (Phi) is 5.05. The summed E-state index contributed by atoms with van der Waals surface area (Å²) in [5.74, 6) is -0.0470. The molecule has 1 saturated heterocycles. The molecule has 0 spiro atoms. The number of carbonyl (C=O) groups is 1. The maximum atomic E-state index is 10.8. The van der Waals surface area contributed by atoms with Crippen LogP contribution in [-0.2, 0) is 9.53 Å². The van der Waals surface area contributed by atoms with Crippen LogP contribution in [0.4, 0.5) is 0 Å². The van der Waals surface area contributed by atoms with Gasteiger partial charge >= 0.3 is 5.97 Å². The van der Waals surface area contributed by atoms with Crippen molar-refractivity contribution in [3.63, 3.8) is 0 Å². The van der Waals surface area contributed by atoms with E-state index in [0.717, 1.165) is 25.7 Å². The molecule has 0 bridgehead atoms. The Morgan fingerprint density at radius 1 is 1.36 bits per heavy atom. The minimum Gasteiger partial charge on any atom is -0.462 e. The maximum absolute atomic E-state index is 10.8. The van der Waals surface area contributed by atoms with Crippen LogP contribution in [0.2, 0.25) is 0 Å². The van der Waals surface area contributed by atoms with Crippen molar-refractivity contribution in [3.05, 3.63) is 24.3 Å². The van der Waals surface area contributed by atoms with E-state index >= 15 is 0 Å². The molecule has 2 nitrogen and oxygen atoms in total. The molecule has 0 aromatic heterocycles. The van der Waals surface area contributed by atoms with Gasteiger partial charge in [0.05, 0.1) is 0 Å². The second-order valence-electron chi connectivity index (χ2n) is 3.47. The van der Waals surface area contributed by atoms with Crippen molar-refractivity contribution >= 4 is 5.97 Å². The Labute approximate surface area is 85.6 Å². The lowest BCUT2D eigenvalue weighted by atomic mass is 10.1. The van der Waals surface area contributed by atoms with Crippen LogP contribution in [0.25, 0.3) is 0 Å². The minimum atomic E-state index is -0.0470. The van der Waals surface area contributed by atoms with Gasteiger partial charge in [0, 0.05) is 12.8 Å². The molecule has 0 radical (unpaired) electrons. The van der Waals surface area contributed by atoms with Crippen molar-refractivity contribution in [3.8, 4) is 0 Å². The Morgan fingerprint density at radius 2 is 2.14 bits per heavy atom. The lowest BCUT2D eigenvalue weighted by Gasteiger charge is -2.03. The third kappa shape index (κ3) is 4.26. The fourth-order valence-electron chi connectivity index (χ4n) is 1.43. The smallest absolute Gasteiger partial charge is 0.306 e. The molecule has 1 aliphatic heterocycles. The highest BCUT2D eigenvalue weighted by Crippen LogP contribution is 2.16. The molecule has 2 heteroatoms. The lowest BCUT2D eigenvalue weighted by Crippen LogP contribution is -2.04. The molecule has 0 aromatic carbocycles. The molecule has 0 N–H and O–H groups in total. The first-order valence-electron chi connectivity index (χ1n) is 5.32. The van der Waals surface area contributed by atoms with Crippen LogP contribution < -0.4 is 0 Å². The molecule has 1 atom stereocenters. The average molecular weight is 194 g/mol. The van der Waals surface area contributed by atoms with Gasteiger partial charge in [-0.2, -0.15) is 0 Å². The highest BCUT2D eigenvalue weighted by atomic mass is 16.5. The molecule has 1 unspecified atom stereocenters. The molecule has 0 saturated carbocycles. The van der Waals surface area contributed by atoms with E-state index in [1.54, 1.807) is 0 Å². The predicted molar refractivity (Wildman–Crippen MR) is 56.9 cm³/mol. The van der Waals surface area contributed by atoms with Crippen LogP contribution in [0.1, 0.15) is 39.0 Å². The van der Waals surface area contributed by atoms with Crippen LogP contribution in [0.5, 0.6) is 0 Å². The Hall–Kier alpha value is -1.05. The summed E-state index contributed by atoms with van der Waals surface area (Å²) >= 11 is 0. The molecule has 78 valence electrons. The lowest BCUT2D eigenvalue weighted by molar-refractivity contribution is -0.141. The summed E-state index contributed by atoms with van der Waals surface area (Å²) in [6.07, 6.45) is 13.1. The van der Waals surface area contributed by atoms with E-state index in [1.807, 2.05) is 0 Å². The summed E-state index contributed by atoms with van der Waals surface area (Å²) in [5, 5.41) is 0. The van der Waals surface area contributed by atoms with E-state index < -0.39 is 0 Å². The largest absolute Gasteiger partial charge is 0.462 e. The third-order valence-corrected chi connectivity index (χ3v) is 2.21. The van der Waals surface area contributed by atoms with Crippen LogP contribution in [0.15, 0.2) is 24.3 Å². The number of cyclic esters (lactones) is 1. The van der Waals surface area contributed by atoms with Gasteiger partial charge in [0.15, 0.2) is 0 Å². The minimum absolute atomic E-state index is 0.0470. The first-order valence-corrected chi connectivity index (χ1v) is 5.32. The highest BCUT2D eigenvalue weighted by molar-refractivity contribution is 5.71. The normalized spacial score (nSPS) is 22.4. The molecule has 1 rings (SSSR count). The van der Waals surface area contributed by atoms with E-state index in [-0.39, 0.29) is 12.1 Å². The van der Waals surface area contributed by atoms with Gasteiger partial charge in [-0.3, -0.25) is 4.79 Å². The van der Waals surface area contributed by atoms with Gasteiger partial charge in [-0.05, 0) is 19.3 Å². The van der Waals surface area contributed by atoms with Crippen molar-refractivity contribution in [1.29, 1.82) is 0 Å². The average Bonchev–Trinajstić information content (AvgIpc) is 2.58. The number of allylic oxidation sites excluding steroid dienone is 3. The van der Waals surface area contributed by atoms with Gasteiger partial charge in [0.1, 0.15) is 6.10 Å². The zero-order chi connectivity index (χ0) is 10.2. The molecule has 14 heavy (non-hydrogen) atoms. The molecule has 1 heterocycles. The number of hydrogen-bond acceptors (Lipinski definition) is 2. The van der Waals surface area contributed by atoms with Crippen molar-refractivity contribution in [2.75, 3.05) is 0 Å². The number of rotatable bonds is 5. The topological polar surface area (TPSA) is 26.3 Å². The Morgan fingerprint density at radius 3 is 2.79 bits per heavy atom. The SMILES string of the molecule is CC/C=C\C/C=C\CC1CCC(=O)O1.